The van der Waals surface area contributed by atoms with Crippen molar-refractivity contribution in [2.75, 3.05) is 5.73 Å². The fourth-order valence-corrected chi connectivity index (χ4v) is 1.38. The molecule has 0 unspecified atom stereocenters. The standard InChI is InChI=1S/C12H13F2N3O/c1-12(2,3)11-16-10(18-17-11)6-4-7(13)8(14)5-9(6)15/h4-5H,15H2,1-3H3. The van der Waals surface area contributed by atoms with Gasteiger partial charge < -0.3 is 10.3 Å². The Kier molecular flexibility index (Phi) is 2.80. The number of aromatic nitrogens is 2. The first kappa shape index (κ1) is 12.5. The van der Waals surface area contributed by atoms with Crippen LogP contribution in [0.1, 0.15) is 26.6 Å². The Hall–Kier alpha value is -1.98. The van der Waals surface area contributed by atoms with E-state index in [0.29, 0.717) is 5.82 Å². The van der Waals surface area contributed by atoms with Gasteiger partial charge in [0.05, 0.1) is 5.56 Å². The molecule has 4 nitrogen and oxygen atoms in total. The maximum atomic E-state index is 13.2. The molecule has 0 amide bonds. The van der Waals surface area contributed by atoms with Crippen molar-refractivity contribution in [3.63, 3.8) is 0 Å². The molecule has 0 bridgehead atoms. The summed E-state index contributed by atoms with van der Waals surface area (Å²) in [7, 11) is 0. The average Bonchev–Trinajstić information content (AvgIpc) is 2.72. The zero-order chi connectivity index (χ0) is 13.5. The number of anilines is 1. The van der Waals surface area contributed by atoms with Crippen LogP contribution in [0.4, 0.5) is 14.5 Å². The molecular formula is C12H13F2N3O. The lowest BCUT2D eigenvalue weighted by molar-refractivity contribution is 0.402. The molecule has 0 saturated carbocycles. The predicted molar refractivity (Wildman–Crippen MR) is 62.8 cm³/mol. The van der Waals surface area contributed by atoms with Crippen molar-refractivity contribution in [3.05, 3.63) is 29.6 Å². The molecule has 6 heteroatoms. The Morgan fingerprint density at radius 3 is 2.33 bits per heavy atom. The number of rotatable bonds is 1. The summed E-state index contributed by atoms with van der Waals surface area (Å²) >= 11 is 0. The highest BCUT2D eigenvalue weighted by molar-refractivity contribution is 5.70. The van der Waals surface area contributed by atoms with Gasteiger partial charge in [-0.25, -0.2) is 8.78 Å². The van der Waals surface area contributed by atoms with Crippen molar-refractivity contribution in [3.8, 4) is 11.5 Å². The van der Waals surface area contributed by atoms with Crippen LogP contribution in [-0.4, -0.2) is 10.1 Å². The highest BCUT2D eigenvalue weighted by Gasteiger charge is 2.22. The molecule has 1 aromatic carbocycles. The van der Waals surface area contributed by atoms with Crippen molar-refractivity contribution in [2.45, 2.75) is 26.2 Å². The minimum Gasteiger partial charge on any atom is -0.398 e. The molecule has 0 aliphatic heterocycles. The summed E-state index contributed by atoms with van der Waals surface area (Å²) in [5.74, 6) is -1.46. The molecule has 0 radical (unpaired) electrons. The second-order valence-corrected chi connectivity index (χ2v) is 5.03. The van der Waals surface area contributed by atoms with E-state index in [4.69, 9.17) is 10.3 Å². The third-order valence-corrected chi connectivity index (χ3v) is 2.42. The number of nitrogens with zero attached hydrogens (tertiary/aromatic N) is 2. The van der Waals surface area contributed by atoms with Gasteiger partial charge in [0.15, 0.2) is 17.5 Å². The monoisotopic (exact) mass is 253 g/mol. The van der Waals surface area contributed by atoms with E-state index >= 15 is 0 Å². The molecule has 18 heavy (non-hydrogen) atoms. The Labute approximate surface area is 103 Å². The summed E-state index contributed by atoms with van der Waals surface area (Å²) < 4.78 is 31.1. The molecule has 0 saturated heterocycles. The van der Waals surface area contributed by atoms with Crippen LogP contribution in [0.2, 0.25) is 0 Å². The van der Waals surface area contributed by atoms with E-state index in [1.165, 1.54) is 0 Å². The molecule has 96 valence electrons. The minimum atomic E-state index is -1.01. The highest BCUT2D eigenvalue weighted by Crippen LogP contribution is 2.29. The van der Waals surface area contributed by atoms with Gasteiger partial charge in [-0.15, -0.1) is 0 Å². The van der Waals surface area contributed by atoms with E-state index in [1.807, 2.05) is 20.8 Å². The van der Waals surface area contributed by atoms with Crippen LogP contribution < -0.4 is 5.73 Å². The summed E-state index contributed by atoms with van der Waals surface area (Å²) in [6.45, 7) is 5.74. The number of benzene rings is 1. The number of hydrogen-bond donors (Lipinski definition) is 1. The summed E-state index contributed by atoms with van der Waals surface area (Å²) in [4.78, 5) is 4.14. The van der Waals surface area contributed by atoms with Gasteiger partial charge in [-0.2, -0.15) is 4.98 Å². The number of nitrogens with two attached hydrogens (primary N) is 1. The van der Waals surface area contributed by atoms with Gasteiger partial charge in [0, 0.05) is 17.2 Å². The Bertz CT molecular complexity index is 587. The molecule has 1 heterocycles. The fraction of sp³-hybridized carbons (Fsp3) is 0.333. The largest absolute Gasteiger partial charge is 0.398 e. The van der Waals surface area contributed by atoms with E-state index in [9.17, 15) is 8.78 Å². The van der Waals surface area contributed by atoms with Gasteiger partial charge in [0.2, 0.25) is 0 Å². The van der Waals surface area contributed by atoms with Crippen molar-refractivity contribution >= 4 is 5.69 Å². The van der Waals surface area contributed by atoms with Gasteiger partial charge in [-0.3, -0.25) is 0 Å². The molecule has 2 aromatic rings. The molecule has 0 spiro atoms. The van der Waals surface area contributed by atoms with E-state index in [0.717, 1.165) is 12.1 Å². The van der Waals surface area contributed by atoms with Crippen molar-refractivity contribution < 1.29 is 13.3 Å². The maximum Gasteiger partial charge on any atom is 0.260 e. The topological polar surface area (TPSA) is 64.9 Å². The molecule has 0 fully saturated rings. The van der Waals surface area contributed by atoms with Crippen LogP contribution in [0, 0.1) is 11.6 Å². The summed E-state index contributed by atoms with van der Waals surface area (Å²) in [5.41, 5.74) is 5.55. The third kappa shape index (κ3) is 2.18. The van der Waals surface area contributed by atoms with Gasteiger partial charge in [-0.05, 0) is 6.07 Å². The second kappa shape index (κ2) is 4.04. The second-order valence-electron chi connectivity index (χ2n) is 5.03. The van der Waals surface area contributed by atoms with Gasteiger partial charge in [-0.1, -0.05) is 25.9 Å². The molecule has 2 rings (SSSR count). The van der Waals surface area contributed by atoms with Crippen molar-refractivity contribution in [1.29, 1.82) is 0 Å². The molecule has 1 aromatic heterocycles. The van der Waals surface area contributed by atoms with Gasteiger partial charge in [0.25, 0.3) is 5.89 Å². The van der Waals surface area contributed by atoms with E-state index < -0.39 is 11.6 Å². The zero-order valence-electron chi connectivity index (χ0n) is 10.3. The Morgan fingerprint density at radius 1 is 1.17 bits per heavy atom. The Balaban J connectivity index is 2.50. The lowest BCUT2D eigenvalue weighted by atomic mass is 9.96. The maximum absolute atomic E-state index is 13.2. The van der Waals surface area contributed by atoms with E-state index in [1.54, 1.807) is 0 Å². The molecule has 2 N–H and O–H groups in total. The lowest BCUT2D eigenvalue weighted by Crippen LogP contribution is -2.13. The van der Waals surface area contributed by atoms with Crippen molar-refractivity contribution in [1.82, 2.24) is 10.1 Å². The van der Waals surface area contributed by atoms with Gasteiger partial charge in [0.1, 0.15) is 0 Å². The number of halogens is 2. The quantitative estimate of drug-likeness (QED) is 0.793. The van der Waals surface area contributed by atoms with E-state index in [-0.39, 0.29) is 22.6 Å². The molecular weight excluding hydrogens is 240 g/mol. The number of nitrogen functional groups attached to an aromatic ring is 1. The summed E-state index contributed by atoms with van der Waals surface area (Å²) in [5, 5.41) is 3.80. The summed E-state index contributed by atoms with van der Waals surface area (Å²) in [6.07, 6.45) is 0. The first-order chi connectivity index (χ1) is 8.29. The lowest BCUT2D eigenvalue weighted by Gasteiger charge is -2.10. The SMILES string of the molecule is CC(C)(C)c1noc(-c2cc(F)c(F)cc2N)n1. The first-order valence-corrected chi connectivity index (χ1v) is 5.38. The minimum absolute atomic E-state index is 0.0537. The number of hydrogen-bond acceptors (Lipinski definition) is 4. The van der Waals surface area contributed by atoms with Crippen LogP contribution in [0.5, 0.6) is 0 Å². The summed E-state index contributed by atoms with van der Waals surface area (Å²) in [6, 6.07) is 1.84. The zero-order valence-corrected chi connectivity index (χ0v) is 10.3. The molecule has 0 aliphatic carbocycles. The smallest absolute Gasteiger partial charge is 0.260 e. The van der Waals surface area contributed by atoms with Crippen LogP contribution in [0.25, 0.3) is 11.5 Å². The van der Waals surface area contributed by atoms with Gasteiger partial charge >= 0.3 is 0 Å². The van der Waals surface area contributed by atoms with Crippen LogP contribution in [0.15, 0.2) is 16.7 Å². The molecule has 0 aliphatic rings. The van der Waals surface area contributed by atoms with Crippen molar-refractivity contribution in [2.24, 2.45) is 0 Å². The molecule has 0 atom stereocenters. The fourth-order valence-electron chi connectivity index (χ4n) is 1.38. The highest BCUT2D eigenvalue weighted by atomic mass is 19.2. The van der Waals surface area contributed by atoms with Crippen LogP contribution >= 0.6 is 0 Å². The Morgan fingerprint density at radius 2 is 1.78 bits per heavy atom. The van der Waals surface area contributed by atoms with E-state index in [2.05, 4.69) is 10.1 Å². The normalized spacial score (nSPS) is 11.8. The first-order valence-electron chi connectivity index (χ1n) is 5.38. The predicted octanol–water partition coefficient (Wildman–Crippen LogP) is 2.89. The average molecular weight is 253 g/mol. The third-order valence-electron chi connectivity index (χ3n) is 2.42. The van der Waals surface area contributed by atoms with Crippen LogP contribution in [0.3, 0.4) is 0 Å². The van der Waals surface area contributed by atoms with Crippen LogP contribution in [-0.2, 0) is 5.41 Å².